The number of para-hydroxylation sites is 1. The lowest BCUT2D eigenvalue weighted by Gasteiger charge is -2.26. The molecule has 1 aromatic rings. The molecule has 1 heterocycles. The molecule has 0 aromatic heterocycles. The molecule has 1 saturated heterocycles. The van der Waals surface area contributed by atoms with Crippen LogP contribution in [-0.2, 0) is 14.3 Å². The maximum absolute atomic E-state index is 12.7. The van der Waals surface area contributed by atoms with E-state index < -0.39 is 11.7 Å². The van der Waals surface area contributed by atoms with Gasteiger partial charge in [-0.05, 0) is 39.3 Å². The van der Waals surface area contributed by atoms with Crippen LogP contribution in [0.1, 0.15) is 27.2 Å². The SMILES string of the molecule is COC[C@H](Nc1ccccc1)[C@H]1CCN(C(=O)OC(C)(C)C)C1=O. The Balaban J connectivity index is 2.06. The Labute approximate surface area is 143 Å². The van der Waals surface area contributed by atoms with Crippen molar-refractivity contribution in [2.75, 3.05) is 25.6 Å². The minimum Gasteiger partial charge on any atom is -0.443 e. The quantitative estimate of drug-likeness (QED) is 0.897. The van der Waals surface area contributed by atoms with E-state index in [0.29, 0.717) is 19.6 Å². The van der Waals surface area contributed by atoms with Gasteiger partial charge in [0, 0.05) is 19.3 Å². The summed E-state index contributed by atoms with van der Waals surface area (Å²) in [6.07, 6.45) is 0.0113. The highest BCUT2D eigenvalue weighted by atomic mass is 16.6. The Morgan fingerprint density at radius 3 is 2.58 bits per heavy atom. The second-order valence-electron chi connectivity index (χ2n) is 6.94. The highest BCUT2D eigenvalue weighted by molar-refractivity contribution is 5.95. The minimum atomic E-state index is -0.621. The number of likely N-dealkylation sites (tertiary alicyclic amines) is 1. The molecule has 0 spiro atoms. The van der Waals surface area contributed by atoms with Gasteiger partial charge in [0.15, 0.2) is 0 Å². The number of nitrogens with zero attached hydrogens (tertiary/aromatic N) is 1. The van der Waals surface area contributed by atoms with Gasteiger partial charge in [-0.2, -0.15) is 0 Å². The number of methoxy groups -OCH3 is 1. The first-order valence-corrected chi connectivity index (χ1v) is 8.16. The van der Waals surface area contributed by atoms with Crippen LogP contribution in [-0.4, -0.2) is 48.8 Å². The van der Waals surface area contributed by atoms with E-state index >= 15 is 0 Å². The van der Waals surface area contributed by atoms with Gasteiger partial charge in [-0.15, -0.1) is 0 Å². The van der Waals surface area contributed by atoms with Gasteiger partial charge in [0.05, 0.1) is 18.6 Å². The van der Waals surface area contributed by atoms with Crippen LogP contribution < -0.4 is 5.32 Å². The first kappa shape index (κ1) is 18.3. The summed E-state index contributed by atoms with van der Waals surface area (Å²) in [7, 11) is 1.60. The summed E-state index contributed by atoms with van der Waals surface area (Å²) in [6, 6.07) is 9.46. The van der Waals surface area contributed by atoms with Crippen LogP contribution in [0.25, 0.3) is 0 Å². The third kappa shape index (κ3) is 4.71. The topological polar surface area (TPSA) is 67.9 Å². The van der Waals surface area contributed by atoms with E-state index in [-0.39, 0.29) is 17.9 Å². The molecule has 1 aromatic carbocycles. The number of nitrogens with one attached hydrogen (secondary N) is 1. The van der Waals surface area contributed by atoms with Crippen LogP contribution in [0.4, 0.5) is 10.5 Å². The van der Waals surface area contributed by atoms with E-state index in [9.17, 15) is 9.59 Å². The molecule has 1 fully saturated rings. The summed E-state index contributed by atoms with van der Waals surface area (Å²) in [5, 5.41) is 3.34. The van der Waals surface area contributed by atoms with Crippen molar-refractivity contribution in [1.29, 1.82) is 0 Å². The summed E-state index contributed by atoms with van der Waals surface area (Å²) in [5.41, 5.74) is 0.298. The van der Waals surface area contributed by atoms with E-state index in [2.05, 4.69) is 5.32 Å². The van der Waals surface area contributed by atoms with E-state index in [4.69, 9.17) is 9.47 Å². The zero-order chi connectivity index (χ0) is 17.7. The third-order valence-corrected chi connectivity index (χ3v) is 3.82. The van der Waals surface area contributed by atoms with Crippen LogP contribution in [0.5, 0.6) is 0 Å². The van der Waals surface area contributed by atoms with E-state index in [0.717, 1.165) is 5.69 Å². The van der Waals surface area contributed by atoms with Crippen LogP contribution in [0, 0.1) is 5.92 Å². The lowest BCUT2D eigenvalue weighted by atomic mass is 9.98. The van der Waals surface area contributed by atoms with E-state index in [1.807, 2.05) is 30.3 Å². The summed E-state index contributed by atoms with van der Waals surface area (Å²) >= 11 is 0. The lowest BCUT2D eigenvalue weighted by Crippen LogP contribution is -2.42. The van der Waals surface area contributed by atoms with Gasteiger partial charge in [-0.25, -0.2) is 9.69 Å². The average molecular weight is 334 g/mol. The summed E-state index contributed by atoms with van der Waals surface area (Å²) in [6.45, 7) is 6.11. The smallest absolute Gasteiger partial charge is 0.417 e. The molecule has 2 rings (SSSR count). The standard InChI is InChI=1S/C18H26N2O4/c1-18(2,3)24-17(22)20-11-10-14(16(20)21)15(12-23-4)19-13-8-6-5-7-9-13/h5-9,14-15,19H,10-12H2,1-4H3/t14-,15+/m1/s1. The normalized spacial score (nSPS) is 19.2. The van der Waals surface area contributed by atoms with Crippen molar-refractivity contribution in [1.82, 2.24) is 4.90 Å². The third-order valence-electron chi connectivity index (χ3n) is 3.82. The number of hydrogen-bond acceptors (Lipinski definition) is 5. The molecule has 1 aliphatic rings. The van der Waals surface area contributed by atoms with Crippen molar-refractivity contribution in [3.8, 4) is 0 Å². The Bertz CT molecular complexity index is 568. The zero-order valence-corrected chi connectivity index (χ0v) is 14.7. The first-order valence-electron chi connectivity index (χ1n) is 8.16. The summed E-state index contributed by atoms with van der Waals surface area (Å²) in [5.74, 6) is -0.535. The van der Waals surface area contributed by atoms with Crippen LogP contribution in [0.15, 0.2) is 30.3 Å². The number of rotatable bonds is 5. The van der Waals surface area contributed by atoms with Crippen molar-refractivity contribution >= 4 is 17.7 Å². The zero-order valence-electron chi connectivity index (χ0n) is 14.7. The fourth-order valence-corrected chi connectivity index (χ4v) is 2.76. The number of benzene rings is 1. The molecule has 0 aliphatic carbocycles. The lowest BCUT2D eigenvalue weighted by molar-refractivity contribution is -0.130. The van der Waals surface area contributed by atoms with Crippen LogP contribution in [0.2, 0.25) is 0 Å². The Hall–Kier alpha value is -2.08. The molecule has 24 heavy (non-hydrogen) atoms. The molecule has 2 amide bonds. The fraction of sp³-hybridized carbons (Fsp3) is 0.556. The van der Waals surface area contributed by atoms with Gasteiger partial charge in [-0.3, -0.25) is 4.79 Å². The Morgan fingerprint density at radius 2 is 2.00 bits per heavy atom. The maximum Gasteiger partial charge on any atom is 0.417 e. The predicted molar refractivity (Wildman–Crippen MR) is 91.8 cm³/mol. The summed E-state index contributed by atoms with van der Waals surface area (Å²) in [4.78, 5) is 26.1. The van der Waals surface area contributed by atoms with Gasteiger partial charge in [0.2, 0.25) is 5.91 Å². The molecule has 132 valence electrons. The molecule has 6 nitrogen and oxygen atoms in total. The number of ether oxygens (including phenoxy) is 2. The van der Waals surface area contributed by atoms with Crippen molar-refractivity contribution in [3.05, 3.63) is 30.3 Å². The molecule has 1 N–H and O–H groups in total. The highest BCUT2D eigenvalue weighted by Gasteiger charge is 2.41. The second-order valence-corrected chi connectivity index (χ2v) is 6.94. The van der Waals surface area contributed by atoms with Crippen LogP contribution in [0.3, 0.4) is 0 Å². The Morgan fingerprint density at radius 1 is 1.33 bits per heavy atom. The van der Waals surface area contributed by atoms with Gasteiger partial charge >= 0.3 is 6.09 Å². The number of amides is 2. The van der Waals surface area contributed by atoms with E-state index in [1.165, 1.54) is 4.90 Å². The fourth-order valence-electron chi connectivity index (χ4n) is 2.76. The predicted octanol–water partition coefficient (Wildman–Crippen LogP) is 2.90. The van der Waals surface area contributed by atoms with Crippen molar-refractivity contribution in [2.45, 2.75) is 38.8 Å². The molecule has 1 aliphatic heterocycles. The number of carbonyl (C=O) groups excluding carboxylic acids is 2. The van der Waals surface area contributed by atoms with Gasteiger partial charge in [0.25, 0.3) is 0 Å². The van der Waals surface area contributed by atoms with Gasteiger partial charge in [0.1, 0.15) is 5.60 Å². The molecular formula is C18H26N2O4. The monoisotopic (exact) mass is 334 g/mol. The maximum atomic E-state index is 12.7. The minimum absolute atomic E-state index is 0.197. The molecule has 0 unspecified atom stereocenters. The molecular weight excluding hydrogens is 308 g/mol. The number of anilines is 1. The number of carbonyl (C=O) groups is 2. The number of imide groups is 1. The van der Waals surface area contributed by atoms with Crippen molar-refractivity contribution in [2.24, 2.45) is 5.92 Å². The number of hydrogen-bond donors (Lipinski definition) is 1. The average Bonchev–Trinajstić information content (AvgIpc) is 2.88. The van der Waals surface area contributed by atoms with Gasteiger partial charge in [-0.1, -0.05) is 18.2 Å². The van der Waals surface area contributed by atoms with Crippen molar-refractivity contribution < 1.29 is 19.1 Å². The largest absolute Gasteiger partial charge is 0.443 e. The highest BCUT2D eigenvalue weighted by Crippen LogP contribution is 2.26. The molecule has 0 saturated carbocycles. The Kier molecular flexibility index (Phi) is 5.83. The second kappa shape index (κ2) is 7.66. The van der Waals surface area contributed by atoms with Gasteiger partial charge < -0.3 is 14.8 Å². The van der Waals surface area contributed by atoms with E-state index in [1.54, 1.807) is 27.9 Å². The molecule has 0 radical (unpaired) electrons. The first-order chi connectivity index (χ1) is 11.3. The van der Waals surface area contributed by atoms with Crippen molar-refractivity contribution in [3.63, 3.8) is 0 Å². The molecule has 6 heteroatoms. The molecule has 0 bridgehead atoms. The van der Waals surface area contributed by atoms with Crippen LogP contribution >= 0.6 is 0 Å². The summed E-state index contributed by atoms with van der Waals surface area (Å²) < 4.78 is 10.6. The molecule has 2 atom stereocenters.